The van der Waals surface area contributed by atoms with Gasteiger partial charge in [-0.15, -0.1) is 0 Å². The minimum absolute atomic E-state index is 0.141. The minimum Gasteiger partial charge on any atom is -0.320 e. The van der Waals surface area contributed by atoms with Crippen LogP contribution in [0, 0.1) is 5.82 Å². The average molecular weight is 421 g/mol. The van der Waals surface area contributed by atoms with Gasteiger partial charge in [-0.2, -0.15) is 0 Å². The second-order valence-corrected chi connectivity index (χ2v) is 5.85. The van der Waals surface area contributed by atoms with E-state index in [1.165, 1.54) is 6.07 Å². The summed E-state index contributed by atoms with van der Waals surface area (Å²) in [6, 6.07) is 9.54. The molecular formula is C14H9Br2ClFNO. The van der Waals surface area contributed by atoms with Crippen molar-refractivity contribution in [3.63, 3.8) is 0 Å². The summed E-state index contributed by atoms with van der Waals surface area (Å²) < 4.78 is 13.5. The van der Waals surface area contributed by atoms with Gasteiger partial charge in [0.05, 0.1) is 10.7 Å². The molecule has 2 aromatic rings. The first-order valence-electron chi connectivity index (χ1n) is 5.62. The van der Waals surface area contributed by atoms with Crippen molar-refractivity contribution in [3.05, 3.63) is 62.8 Å². The van der Waals surface area contributed by atoms with Crippen molar-refractivity contribution in [1.29, 1.82) is 0 Å². The highest BCUT2D eigenvalue weighted by Gasteiger charge is 2.12. The standard InChI is InChI=1S/C14H9Br2ClFNO/c15-7-8-1-3-9(4-2-8)14(20)19-13-11(16)5-10(18)6-12(13)17/h1-6H,7H2,(H,19,20). The zero-order valence-corrected chi connectivity index (χ0v) is 14.0. The molecule has 0 radical (unpaired) electrons. The Morgan fingerprint density at radius 1 is 1.25 bits per heavy atom. The number of hydrogen-bond acceptors (Lipinski definition) is 1. The summed E-state index contributed by atoms with van der Waals surface area (Å²) in [5, 5.41) is 3.53. The normalized spacial score (nSPS) is 10.4. The van der Waals surface area contributed by atoms with Crippen LogP contribution in [0.2, 0.25) is 5.02 Å². The van der Waals surface area contributed by atoms with Crippen molar-refractivity contribution >= 4 is 55.1 Å². The Kier molecular flexibility index (Phi) is 5.18. The van der Waals surface area contributed by atoms with Gasteiger partial charge in [-0.25, -0.2) is 4.39 Å². The molecule has 6 heteroatoms. The van der Waals surface area contributed by atoms with Crippen LogP contribution in [0.15, 0.2) is 40.9 Å². The number of benzene rings is 2. The van der Waals surface area contributed by atoms with Crippen molar-refractivity contribution in [2.24, 2.45) is 0 Å². The van der Waals surface area contributed by atoms with E-state index in [1.807, 2.05) is 12.1 Å². The molecule has 2 rings (SSSR count). The van der Waals surface area contributed by atoms with Gasteiger partial charge in [-0.3, -0.25) is 4.79 Å². The zero-order valence-electron chi connectivity index (χ0n) is 10.1. The van der Waals surface area contributed by atoms with Gasteiger partial charge in [-0.1, -0.05) is 39.7 Å². The number of rotatable bonds is 3. The SMILES string of the molecule is O=C(Nc1c(Cl)cc(F)cc1Br)c1ccc(CBr)cc1. The molecular weight excluding hydrogens is 412 g/mol. The summed E-state index contributed by atoms with van der Waals surface area (Å²) in [5.74, 6) is -0.776. The first-order valence-corrected chi connectivity index (χ1v) is 7.91. The fraction of sp³-hybridized carbons (Fsp3) is 0.0714. The van der Waals surface area contributed by atoms with Crippen LogP contribution < -0.4 is 5.32 Å². The third-order valence-corrected chi connectivity index (χ3v) is 4.19. The molecule has 0 aliphatic carbocycles. The van der Waals surface area contributed by atoms with Crippen LogP contribution >= 0.6 is 43.5 Å². The van der Waals surface area contributed by atoms with E-state index in [0.717, 1.165) is 17.0 Å². The lowest BCUT2D eigenvalue weighted by Gasteiger charge is -2.10. The Balaban J connectivity index is 2.23. The average Bonchev–Trinajstić information content (AvgIpc) is 2.42. The lowest BCUT2D eigenvalue weighted by molar-refractivity contribution is 0.102. The summed E-state index contributed by atoms with van der Waals surface area (Å²) in [7, 11) is 0. The molecule has 2 aromatic carbocycles. The third-order valence-electron chi connectivity index (χ3n) is 2.62. The van der Waals surface area contributed by atoms with E-state index < -0.39 is 5.82 Å². The van der Waals surface area contributed by atoms with Crippen molar-refractivity contribution in [1.82, 2.24) is 0 Å². The van der Waals surface area contributed by atoms with Crippen LogP contribution in [0.5, 0.6) is 0 Å². The number of hydrogen-bond donors (Lipinski definition) is 1. The van der Waals surface area contributed by atoms with Gasteiger partial charge in [0.15, 0.2) is 0 Å². The molecule has 1 N–H and O–H groups in total. The van der Waals surface area contributed by atoms with Crippen molar-refractivity contribution in [3.8, 4) is 0 Å². The van der Waals surface area contributed by atoms with E-state index in [-0.39, 0.29) is 10.9 Å². The topological polar surface area (TPSA) is 29.1 Å². The van der Waals surface area contributed by atoms with Gasteiger partial charge in [0.25, 0.3) is 5.91 Å². The highest BCUT2D eigenvalue weighted by molar-refractivity contribution is 9.10. The molecule has 0 atom stereocenters. The number of nitrogens with one attached hydrogen (secondary N) is 1. The van der Waals surface area contributed by atoms with Gasteiger partial charge in [0.2, 0.25) is 0 Å². The van der Waals surface area contributed by atoms with Crippen LogP contribution in [-0.4, -0.2) is 5.91 Å². The highest BCUT2D eigenvalue weighted by Crippen LogP contribution is 2.32. The second-order valence-electron chi connectivity index (χ2n) is 4.03. The number of amides is 1. The number of carbonyl (C=O) groups excluding carboxylic acids is 1. The van der Waals surface area contributed by atoms with Crippen LogP contribution in [0.4, 0.5) is 10.1 Å². The fourth-order valence-corrected chi connectivity index (χ4v) is 2.87. The molecule has 1 amide bonds. The molecule has 0 spiro atoms. The smallest absolute Gasteiger partial charge is 0.255 e. The molecule has 2 nitrogen and oxygen atoms in total. The molecule has 20 heavy (non-hydrogen) atoms. The molecule has 0 aromatic heterocycles. The van der Waals surface area contributed by atoms with Crippen LogP contribution in [0.25, 0.3) is 0 Å². The first kappa shape index (κ1) is 15.5. The quantitative estimate of drug-likeness (QED) is 0.662. The van der Waals surface area contributed by atoms with Gasteiger partial charge >= 0.3 is 0 Å². The Hall–Kier alpha value is -0.910. The number of halogens is 4. The molecule has 0 saturated carbocycles. The number of alkyl halides is 1. The van der Waals surface area contributed by atoms with Gasteiger partial charge in [0, 0.05) is 15.4 Å². The summed E-state index contributed by atoms with van der Waals surface area (Å²) in [4.78, 5) is 12.1. The molecule has 104 valence electrons. The van der Waals surface area contributed by atoms with Crippen LogP contribution in [0.3, 0.4) is 0 Å². The first-order chi connectivity index (χ1) is 9.51. The summed E-state index contributed by atoms with van der Waals surface area (Å²) in [6.45, 7) is 0. The molecule has 0 bridgehead atoms. The van der Waals surface area contributed by atoms with Crippen molar-refractivity contribution in [2.75, 3.05) is 5.32 Å². The molecule has 0 fully saturated rings. The molecule has 0 aliphatic rings. The Morgan fingerprint density at radius 3 is 2.45 bits per heavy atom. The summed E-state index contributed by atoms with van der Waals surface area (Å²) in [6.07, 6.45) is 0. The largest absolute Gasteiger partial charge is 0.320 e. The molecule has 0 aliphatic heterocycles. The van der Waals surface area contributed by atoms with Gasteiger partial charge < -0.3 is 5.32 Å². The highest BCUT2D eigenvalue weighted by atomic mass is 79.9. The van der Waals surface area contributed by atoms with Crippen molar-refractivity contribution < 1.29 is 9.18 Å². The lowest BCUT2D eigenvalue weighted by atomic mass is 10.1. The van der Waals surface area contributed by atoms with Gasteiger partial charge in [-0.05, 0) is 45.8 Å². The summed E-state index contributed by atoms with van der Waals surface area (Å²) in [5.41, 5.74) is 1.92. The maximum Gasteiger partial charge on any atom is 0.255 e. The maximum atomic E-state index is 13.1. The van der Waals surface area contributed by atoms with E-state index in [9.17, 15) is 9.18 Å². The molecule has 0 unspecified atom stereocenters. The van der Waals surface area contributed by atoms with Crippen LogP contribution in [0.1, 0.15) is 15.9 Å². The fourth-order valence-electron chi connectivity index (χ4n) is 1.59. The third kappa shape index (κ3) is 3.59. The van der Waals surface area contributed by atoms with E-state index in [2.05, 4.69) is 37.2 Å². The van der Waals surface area contributed by atoms with Crippen LogP contribution in [-0.2, 0) is 5.33 Å². The predicted octanol–water partition coefficient (Wildman–Crippen LogP) is 5.39. The lowest BCUT2D eigenvalue weighted by Crippen LogP contribution is -2.12. The van der Waals surface area contributed by atoms with E-state index >= 15 is 0 Å². The Bertz CT molecular complexity index is 623. The van der Waals surface area contributed by atoms with E-state index in [0.29, 0.717) is 15.7 Å². The number of anilines is 1. The van der Waals surface area contributed by atoms with Gasteiger partial charge in [0.1, 0.15) is 5.82 Å². The molecule has 0 saturated heterocycles. The van der Waals surface area contributed by atoms with E-state index in [4.69, 9.17) is 11.6 Å². The number of carbonyl (C=O) groups is 1. The minimum atomic E-state index is -0.471. The summed E-state index contributed by atoms with van der Waals surface area (Å²) >= 11 is 12.4. The Morgan fingerprint density at radius 2 is 1.90 bits per heavy atom. The van der Waals surface area contributed by atoms with E-state index in [1.54, 1.807) is 12.1 Å². The predicted molar refractivity (Wildman–Crippen MR) is 86.1 cm³/mol. The monoisotopic (exact) mass is 419 g/mol. The molecule has 0 heterocycles. The Labute approximate surface area is 137 Å². The maximum absolute atomic E-state index is 13.1. The second kappa shape index (κ2) is 6.70. The zero-order chi connectivity index (χ0) is 14.7. The van der Waals surface area contributed by atoms with Crippen molar-refractivity contribution in [2.45, 2.75) is 5.33 Å².